The van der Waals surface area contributed by atoms with Gasteiger partial charge in [0.2, 0.25) is 0 Å². The van der Waals surface area contributed by atoms with Crippen molar-refractivity contribution in [3.8, 4) is 0 Å². The molecule has 1 heterocycles. The highest BCUT2D eigenvalue weighted by Crippen LogP contribution is 2.16. The molecule has 3 heteroatoms. The van der Waals surface area contributed by atoms with E-state index in [4.69, 9.17) is 0 Å². The van der Waals surface area contributed by atoms with E-state index in [1.54, 1.807) is 0 Å². The van der Waals surface area contributed by atoms with Crippen molar-refractivity contribution in [2.75, 3.05) is 18.1 Å². The van der Waals surface area contributed by atoms with Crippen LogP contribution in [0.2, 0.25) is 0 Å². The van der Waals surface area contributed by atoms with Gasteiger partial charge in [-0.3, -0.25) is 0 Å². The van der Waals surface area contributed by atoms with Crippen molar-refractivity contribution in [3.63, 3.8) is 0 Å². The lowest BCUT2D eigenvalue weighted by Crippen LogP contribution is -2.34. The molecule has 0 aromatic heterocycles. The predicted octanol–water partition coefficient (Wildman–Crippen LogP) is 2.02. The third kappa shape index (κ3) is 5.23. The normalized spacial score (nSPS) is 24.9. The van der Waals surface area contributed by atoms with Gasteiger partial charge in [-0.1, -0.05) is 6.92 Å². The molecule has 1 rings (SSSR count). The van der Waals surface area contributed by atoms with E-state index in [1.165, 1.54) is 24.3 Å². The minimum atomic E-state index is -0.0856. The number of aliphatic hydroxyl groups excluding tert-OH is 1. The molecule has 0 aromatic carbocycles. The Morgan fingerprint density at radius 2 is 2.43 bits per heavy atom. The third-order valence-electron chi connectivity index (χ3n) is 2.78. The van der Waals surface area contributed by atoms with E-state index >= 15 is 0 Å². The summed E-state index contributed by atoms with van der Waals surface area (Å²) in [5.74, 6) is 2.61. The van der Waals surface area contributed by atoms with Crippen LogP contribution in [0.15, 0.2) is 0 Å². The van der Waals surface area contributed by atoms with Crippen LogP contribution >= 0.6 is 11.8 Å². The number of hydrogen-bond donors (Lipinski definition) is 2. The van der Waals surface area contributed by atoms with E-state index in [1.807, 2.05) is 6.92 Å². The zero-order valence-electron chi connectivity index (χ0n) is 9.17. The van der Waals surface area contributed by atoms with Crippen molar-refractivity contribution in [3.05, 3.63) is 0 Å². The van der Waals surface area contributed by atoms with Crippen molar-refractivity contribution in [1.29, 1.82) is 0 Å². The van der Waals surface area contributed by atoms with Crippen LogP contribution in [-0.4, -0.2) is 35.3 Å². The summed E-state index contributed by atoms with van der Waals surface area (Å²) in [4.78, 5) is 0. The van der Waals surface area contributed by atoms with Crippen molar-refractivity contribution in [2.24, 2.45) is 0 Å². The van der Waals surface area contributed by atoms with Crippen LogP contribution in [0.3, 0.4) is 0 Å². The summed E-state index contributed by atoms with van der Waals surface area (Å²) in [7, 11) is 0. The Labute approximate surface area is 91.9 Å². The zero-order valence-corrected chi connectivity index (χ0v) is 9.98. The molecule has 1 saturated heterocycles. The fraction of sp³-hybridized carbons (Fsp3) is 1.00. The van der Waals surface area contributed by atoms with E-state index in [9.17, 15) is 5.11 Å². The fourth-order valence-electron chi connectivity index (χ4n) is 1.75. The minimum absolute atomic E-state index is 0.0856. The molecule has 2 N–H and O–H groups in total. The molecule has 84 valence electrons. The van der Waals surface area contributed by atoms with Gasteiger partial charge >= 0.3 is 0 Å². The van der Waals surface area contributed by atoms with Gasteiger partial charge in [0.15, 0.2) is 0 Å². The molecule has 1 aliphatic heterocycles. The molecule has 2 atom stereocenters. The first-order valence-corrected chi connectivity index (χ1v) is 6.97. The lowest BCUT2D eigenvalue weighted by molar-refractivity contribution is 0.157. The molecule has 2 nitrogen and oxygen atoms in total. The second kappa shape index (κ2) is 7.55. The summed E-state index contributed by atoms with van der Waals surface area (Å²) in [6.45, 7) is 3.11. The molecule has 0 amide bonds. The molecule has 0 spiro atoms. The van der Waals surface area contributed by atoms with Crippen molar-refractivity contribution >= 4 is 11.8 Å². The first-order chi connectivity index (χ1) is 6.83. The Balaban J connectivity index is 1.92. The van der Waals surface area contributed by atoms with E-state index in [-0.39, 0.29) is 6.10 Å². The average molecular weight is 217 g/mol. The molecule has 0 bridgehead atoms. The van der Waals surface area contributed by atoms with E-state index < -0.39 is 0 Å². The molecule has 2 unspecified atom stereocenters. The van der Waals surface area contributed by atoms with Gasteiger partial charge in [0.1, 0.15) is 0 Å². The van der Waals surface area contributed by atoms with Gasteiger partial charge in [-0.15, -0.1) is 0 Å². The Morgan fingerprint density at radius 1 is 1.57 bits per heavy atom. The first kappa shape index (κ1) is 12.3. The smallest absolute Gasteiger partial charge is 0.0538 e. The topological polar surface area (TPSA) is 32.3 Å². The van der Waals surface area contributed by atoms with Crippen LogP contribution in [0.1, 0.15) is 39.0 Å². The fourth-order valence-corrected chi connectivity index (χ4v) is 2.86. The molecule has 1 aliphatic rings. The lowest BCUT2D eigenvalue weighted by atomic mass is 10.1. The second-order valence-electron chi connectivity index (χ2n) is 4.07. The summed E-state index contributed by atoms with van der Waals surface area (Å²) in [6.07, 6.45) is 5.56. The van der Waals surface area contributed by atoms with Gasteiger partial charge in [-0.2, -0.15) is 11.8 Å². The van der Waals surface area contributed by atoms with Gasteiger partial charge in [0, 0.05) is 11.8 Å². The Kier molecular flexibility index (Phi) is 6.65. The summed E-state index contributed by atoms with van der Waals surface area (Å²) < 4.78 is 0. The molecular weight excluding hydrogens is 194 g/mol. The maximum atomic E-state index is 9.36. The molecule has 14 heavy (non-hydrogen) atoms. The summed E-state index contributed by atoms with van der Waals surface area (Å²) >= 11 is 2.06. The molecule has 0 saturated carbocycles. The van der Waals surface area contributed by atoms with Crippen molar-refractivity contribution < 1.29 is 5.11 Å². The Bertz CT molecular complexity index is 137. The predicted molar refractivity (Wildman–Crippen MR) is 63.9 cm³/mol. The van der Waals surface area contributed by atoms with Crippen molar-refractivity contribution in [1.82, 2.24) is 5.32 Å². The van der Waals surface area contributed by atoms with Crippen LogP contribution in [0, 0.1) is 0 Å². The second-order valence-corrected chi connectivity index (χ2v) is 5.22. The van der Waals surface area contributed by atoms with Gasteiger partial charge in [0.05, 0.1) is 6.10 Å². The summed E-state index contributed by atoms with van der Waals surface area (Å²) in [5, 5.41) is 12.9. The van der Waals surface area contributed by atoms with Crippen LogP contribution in [0.5, 0.6) is 0 Å². The molecule has 0 radical (unpaired) electrons. The monoisotopic (exact) mass is 217 g/mol. The van der Waals surface area contributed by atoms with E-state index in [2.05, 4.69) is 17.1 Å². The highest BCUT2D eigenvalue weighted by atomic mass is 32.2. The van der Waals surface area contributed by atoms with E-state index in [0.29, 0.717) is 0 Å². The van der Waals surface area contributed by atoms with Gasteiger partial charge < -0.3 is 10.4 Å². The first-order valence-electron chi connectivity index (χ1n) is 5.82. The molecule has 0 aliphatic carbocycles. The maximum Gasteiger partial charge on any atom is 0.0538 e. The van der Waals surface area contributed by atoms with Crippen molar-refractivity contribution in [2.45, 2.75) is 51.2 Å². The Hall–Kier alpha value is 0.270. The highest BCUT2D eigenvalue weighted by Gasteiger charge is 2.12. The number of aliphatic hydroxyl groups is 1. The van der Waals surface area contributed by atoms with Crippen LogP contribution in [-0.2, 0) is 0 Å². The summed E-state index contributed by atoms with van der Waals surface area (Å²) in [5.41, 5.74) is 0. The average Bonchev–Trinajstić information content (AvgIpc) is 2.25. The number of hydrogen-bond acceptors (Lipinski definition) is 3. The SMILES string of the molecule is CCC(O)CCCNC1CCCSC1. The molecule has 1 fully saturated rings. The van der Waals surface area contributed by atoms with Crippen LogP contribution < -0.4 is 5.32 Å². The number of rotatable bonds is 6. The van der Waals surface area contributed by atoms with Crippen LogP contribution in [0.25, 0.3) is 0 Å². The van der Waals surface area contributed by atoms with Crippen LogP contribution in [0.4, 0.5) is 0 Å². The van der Waals surface area contributed by atoms with Gasteiger partial charge in [-0.05, 0) is 44.4 Å². The standard InChI is InChI=1S/C11H23NOS/c1-2-11(13)6-3-7-12-10-5-4-8-14-9-10/h10-13H,2-9H2,1H3. The Morgan fingerprint density at radius 3 is 3.07 bits per heavy atom. The molecule has 0 aromatic rings. The summed E-state index contributed by atoms with van der Waals surface area (Å²) in [6, 6.07) is 0.729. The maximum absolute atomic E-state index is 9.36. The molecular formula is C11H23NOS. The zero-order chi connectivity index (χ0) is 10.2. The minimum Gasteiger partial charge on any atom is -0.393 e. The number of thioether (sulfide) groups is 1. The largest absolute Gasteiger partial charge is 0.393 e. The van der Waals surface area contributed by atoms with Gasteiger partial charge in [-0.25, -0.2) is 0 Å². The van der Waals surface area contributed by atoms with E-state index in [0.717, 1.165) is 31.8 Å². The third-order valence-corrected chi connectivity index (χ3v) is 3.99. The highest BCUT2D eigenvalue weighted by molar-refractivity contribution is 7.99. The quantitative estimate of drug-likeness (QED) is 0.668. The lowest BCUT2D eigenvalue weighted by Gasteiger charge is -2.22. The number of nitrogens with one attached hydrogen (secondary N) is 1. The van der Waals surface area contributed by atoms with Gasteiger partial charge in [0.25, 0.3) is 0 Å².